The van der Waals surface area contributed by atoms with Crippen molar-refractivity contribution in [2.24, 2.45) is 0 Å². The van der Waals surface area contributed by atoms with Crippen molar-refractivity contribution >= 4 is 23.2 Å². The van der Waals surface area contributed by atoms with Crippen LogP contribution in [0.1, 0.15) is 5.56 Å². The number of benzene rings is 1. The van der Waals surface area contributed by atoms with Crippen LogP contribution in [0.4, 0.5) is 0 Å². The second-order valence-corrected chi connectivity index (χ2v) is 4.64. The topological polar surface area (TPSA) is 64.1 Å². The third-order valence-electron chi connectivity index (χ3n) is 2.65. The highest BCUT2D eigenvalue weighted by Crippen LogP contribution is 2.24. The first-order chi connectivity index (χ1) is 8.95. The number of rotatable bonds is 2. The maximum atomic E-state index is 12.2. The standard InChI is InChI=1S/C12H10Cl2N2O3/c1-6-10(14)15-12(18)16(11(6)17)8-5-7(13)3-4-9(8)19-2/h3-5H,1-2H3,(H,15,18). The molecule has 0 saturated heterocycles. The zero-order valence-electron chi connectivity index (χ0n) is 10.2. The van der Waals surface area contributed by atoms with E-state index < -0.39 is 11.2 Å². The Balaban J connectivity index is 2.87. The first-order valence-corrected chi connectivity index (χ1v) is 6.06. The number of H-pyrrole nitrogens is 1. The van der Waals surface area contributed by atoms with Gasteiger partial charge in [-0.15, -0.1) is 0 Å². The number of halogens is 2. The number of aromatic amines is 1. The lowest BCUT2D eigenvalue weighted by Crippen LogP contribution is -2.35. The minimum Gasteiger partial charge on any atom is -0.495 e. The number of hydrogen-bond donors (Lipinski definition) is 1. The molecule has 0 aliphatic heterocycles. The first kappa shape index (κ1) is 13.7. The highest BCUT2D eigenvalue weighted by atomic mass is 35.5. The summed E-state index contributed by atoms with van der Waals surface area (Å²) in [4.78, 5) is 26.5. The van der Waals surface area contributed by atoms with Gasteiger partial charge in [-0.2, -0.15) is 0 Å². The molecule has 2 aromatic rings. The number of ether oxygens (including phenoxy) is 1. The van der Waals surface area contributed by atoms with E-state index in [0.717, 1.165) is 4.57 Å². The molecule has 0 spiro atoms. The van der Waals surface area contributed by atoms with Gasteiger partial charge in [-0.1, -0.05) is 23.2 Å². The maximum Gasteiger partial charge on any atom is 0.334 e. The third kappa shape index (κ3) is 2.39. The van der Waals surface area contributed by atoms with Gasteiger partial charge in [0.05, 0.1) is 18.4 Å². The number of nitrogens with zero attached hydrogens (tertiary/aromatic N) is 1. The molecule has 0 aliphatic carbocycles. The molecule has 1 N–H and O–H groups in total. The molecule has 19 heavy (non-hydrogen) atoms. The Labute approximate surface area is 118 Å². The summed E-state index contributed by atoms with van der Waals surface area (Å²) in [5.41, 5.74) is -0.667. The van der Waals surface area contributed by atoms with Crippen LogP contribution >= 0.6 is 23.2 Å². The number of methoxy groups -OCH3 is 1. The van der Waals surface area contributed by atoms with E-state index in [2.05, 4.69) is 4.98 Å². The maximum absolute atomic E-state index is 12.2. The Morgan fingerprint density at radius 1 is 1.26 bits per heavy atom. The summed E-state index contributed by atoms with van der Waals surface area (Å²) in [6.45, 7) is 1.52. The fourth-order valence-corrected chi connectivity index (χ4v) is 1.98. The monoisotopic (exact) mass is 300 g/mol. The molecular weight excluding hydrogens is 291 g/mol. The molecule has 1 aromatic heterocycles. The van der Waals surface area contributed by atoms with E-state index in [1.54, 1.807) is 12.1 Å². The average molecular weight is 301 g/mol. The van der Waals surface area contributed by atoms with Crippen LogP contribution in [0.5, 0.6) is 5.75 Å². The van der Waals surface area contributed by atoms with E-state index in [-0.39, 0.29) is 16.4 Å². The summed E-state index contributed by atoms with van der Waals surface area (Å²) in [5.74, 6) is 0.360. The molecule has 0 atom stereocenters. The second-order valence-electron chi connectivity index (χ2n) is 3.83. The third-order valence-corrected chi connectivity index (χ3v) is 3.27. The molecule has 7 heteroatoms. The van der Waals surface area contributed by atoms with Crippen molar-refractivity contribution < 1.29 is 4.74 Å². The predicted octanol–water partition coefficient (Wildman–Crippen LogP) is 2.15. The summed E-state index contributed by atoms with van der Waals surface area (Å²) in [6, 6.07) is 4.66. The van der Waals surface area contributed by atoms with Gasteiger partial charge < -0.3 is 4.74 Å². The van der Waals surface area contributed by atoms with Gasteiger partial charge in [0, 0.05) is 5.02 Å². The van der Waals surface area contributed by atoms with Crippen LogP contribution in [0.15, 0.2) is 27.8 Å². The van der Waals surface area contributed by atoms with E-state index in [4.69, 9.17) is 27.9 Å². The van der Waals surface area contributed by atoms with Gasteiger partial charge in [0.25, 0.3) is 5.56 Å². The Kier molecular flexibility index (Phi) is 3.68. The van der Waals surface area contributed by atoms with E-state index in [0.29, 0.717) is 10.8 Å². The van der Waals surface area contributed by atoms with Crippen molar-refractivity contribution in [1.29, 1.82) is 0 Å². The minimum absolute atomic E-state index is 0.0206. The number of nitrogens with one attached hydrogen (secondary N) is 1. The van der Waals surface area contributed by atoms with Crippen LogP contribution in [0.2, 0.25) is 10.2 Å². The van der Waals surface area contributed by atoms with Gasteiger partial charge >= 0.3 is 5.69 Å². The summed E-state index contributed by atoms with van der Waals surface area (Å²) < 4.78 is 6.07. The Hall–Kier alpha value is -1.72. The smallest absolute Gasteiger partial charge is 0.334 e. The quantitative estimate of drug-likeness (QED) is 0.864. The molecule has 100 valence electrons. The van der Waals surface area contributed by atoms with Crippen LogP contribution < -0.4 is 16.0 Å². The Bertz CT molecular complexity index is 750. The summed E-state index contributed by atoms with van der Waals surface area (Å²) in [7, 11) is 1.44. The van der Waals surface area contributed by atoms with Gasteiger partial charge in [0.2, 0.25) is 0 Å². The van der Waals surface area contributed by atoms with Crippen molar-refractivity contribution in [2.45, 2.75) is 6.92 Å². The number of hydrogen-bond acceptors (Lipinski definition) is 3. The molecule has 0 radical (unpaired) electrons. The van der Waals surface area contributed by atoms with Crippen molar-refractivity contribution in [1.82, 2.24) is 9.55 Å². The van der Waals surface area contributed by atoms with Gasteiger partial charge in [-0.25, -0.2) is 9.36 Å². The lowest BCUT2D eigenvalue weighted by atomic mass is 10.2. The highest BCUT2D eigenvalue weighted by Gasteiger charge is 2.14. The minimum atomic E-state index is -0.652. The average Bonchev–Trinajstić information content (AvgIpc) is 2.36. The van der Waals surface area contributed by atoms with E-state index in [9.17, 15) is 9.59 Å². The summed E-state index contributed by atoms with van der Waals surface area (Å²) >= 11 is 11.6. The van der Waals surface area contributed by atoms with E-state index in [1.165, 1.54) is 20.1 Å². The second kappa shape index (κ2) is 5.11. The van der Waals surface area contributed by atoms with Crippen LogP contribution in [0, 0.1) is 6.92 Å². The molecule has 2 rings (SSSR count). The van der Waals surface area contributed by atoms with Crippen LogP contribution in [0.3, 0.4) is 0 Å². The van der Waals surface area contributed by atoms with E-state index in [1.807, 2.05) is 0 Å². The highest BCUT2D eigenvalue weighted by molar-refractivity contribution is 6.31. The normalized spacial score (nSPS) is 10.5. The van der Waals surface area contributed by atoms with Gasteiger partial charge in [0.15, 0.2) is 0 Å². The predicted molar refractivity (Wildman–Crippen MR) is 74.0 cm³/mol. The van der Waals surface area contributed by atoms with Gasteiger partial charge in [-0.3, -0.25) is 9.78 Å². The van der Waals surface area contributed by atoms with E-state index >= 15 is 0 Å². The lowest BCUT2D eigenvalue weighted by Gasteiger charge is -2.11. The molecule has 0 saturated carbocycles. The van der Waals surface area contributed by atoms with Crippen molar-refractivity contribution in [3.05, 3.63) is 54.8 Å². The fraction of sp³-hybridized carbons (Fsp3) is 0.167. The molecule has 1 heterocycles. The molecule has 1 aromatic carbocycles. The molecule has 0 amide bonds. The first-order valence-electron chi connectivity index (χ1n) is 5.31. The largest absolute Gasteiger partial charge is 0.495 e. The number of aromatic nitrogens is 2. The Morgan fingerprint density at radius 2 is 1.95 bits per heavy atom. The zero-order chi connectivity index (χ0) is 14.2. The lowest BCUT2D eigenvalue weighted by molar-refractivity contribution is 0.412. The van der Waals surface area contributed by atoms with Crippen LogP contribution in [-0.2, 0) is 0 Å². The van der Waals surface area contributed by atoms with Crippen molar-refractivity contribution in [3.63, 3.8) is 0 Å². The fourth-order valence-electron chi connectivity index (χ4n) is 1.65. The molecular formula is C12H10Cl2N2O3. The molecule has 0 fully saturated rings. The van der Waals surface area contributed by atoms with Crippen LogP contribution in [0.25, 0.3) is 5.69 Å². The summed E-state index contributed by atoms with van der Waals surface area (Å²) in [5, 5.41) is 0.405. The van der Waals surface area contributed by atoms with Crippen molar-refractivity contribution in [2.75, 3.05) is 7.11 Å². The molecule has 0 unspecified atom stereocenters. The Morgan fingerprint density at radius 3 is 2.58 bits per heavy atom. The molecule has 0 aliphatic rings. The SMILES string of the molecule is COc1ccc(Cl)cc1-n1c(=O)[nH]c(Cl)c(C)c1=O. The molecule has 0 bridgehead atoms. The zero-order valence-corrected chi connectivity index (χ0v) is 11.7. The van der Waals surface area contributed by atoms with Gasteiger partial charge in [0.1, 0.15) is 10.9 Å². The molecule has 5 nitrogen and oxygen atoms in total. The van der Waals surface area contributed by atoms with Gasteiger partial charge in [-0.05, 0) is 25.1 Å². The van der Waals surface area contributed by atoms with Crippen LogP contribution in [-0.4, -0.2) is 16.7 Å². The summed E-state index contributed by atoms with van der Waals surface area (Å²) in [6.07, 6.45) is 0. The van der Waals surface area contributed by atoms with Crippen molar-refractivity contribution in [3.8, 4) is 11.4 Å².